The van der Waals surface area contributed by atoms with Gasteiger partial charge in [0.25, 0.3) is 0 Å². The molecule has 47 heavy (non-hydrogen) atoms. The maximum Gasteiger partial charge on any atom is 0.164 e. The molecule has 5 aromatic carbocycles. The van der Waals surface area contributed by atoms with E-state index in [-0.39, 0.29) is 0 Å². The van der Waals surface area contributed by atoms with Gasteiger partial charge in [0.15, 0.2) is 17.5 Å². The second kappa shape index (κ2) is 11.4. The van der Waals surface area contributed by atoms with E-state index in [0.29, 0.717) is 17.5 Å². The van der Waals surface area contributed by atoms with Crippen LogP contribution in [0, 0.1) is 0 Å². The molecule has 0 fully saturated rings. The second-order valence-corrected chi connectivity index (χ2v) is 12.4. The standard InChI is InChI=1S/C41H25N5S/c1-3-13-27(14-4-1)39-44-40(28-15-5-2-6-16-28)46-41(45-39)30-18-11-17-29(24-30)33-25-43-37(35-32-20-9-10-21-34(32)47-38(33)35)36-31-19-8-7-12-26(31)22-23-42-36/h1-25H. The highest BCUT2D eigenvalue weighted by atomic mass is 32.1. The van der Waals surface area contributed by atoms with Gasteiger partial charge in [0.2, 0.25) is 0 Å². The molecule has 0 aliphatic rings. The van der Waals surface area contributed by atoms with E-state index in [1.165, 1.54) is 14.8 Å². The molecular formula is C41H25N5S. The zero-order valence-electron chi connectivity index (χ0n) is 25.1. The van der Waals surface area contributed by atoms with Gasteiger partial charge in [-0.15, -0.1) is 11.3 Å². The van der Waals surface area contributed by atoms with Crippen LogP contribution in [0.3, 0.4) is 0 Å². The predicted octanol–water partition coefficient (Wildman–Crippen LogP) is 10.5. The first-order valence-electron chi connectivity index (χ1n) is 15.4. The zero-order valence-corrected chi connectivity index (χ0v) is 25.9. The summed E-state index contributed by atoms with van der Waals surface area (Å²) in [6.45, 7) is 0. The lowest BCUT2D eigenvalue weighted by molar-refractivity contribution is 1.07. The number of aromatic nitrogens is 5. The fourth-order valence-electron chi connectivity index (χ4n) is 6.18. The van der Waals surface area contributed by atoms with Gasteiger partial charge in [-0.1, -0.05) is 121 Å². The molecule has 0 aliphatic heterocycles. The summed E-state index contributed by atoms with van der Waals surface area (Å²) in [5.74, 6) is 1.90. The molecule has 0 unspecified atom stereocenters. The predicted molar refractivity (Wildman–Crippen MR) is 193 cm³/mol. The first-order valence-corrected chi connectivity index (χ1v) is 16.2. The van der Waals surface area contributed by atoms with Crippen molar-refractivity contribution in [2.75, 3.05) is 0 Å². The van der Waals surface area contributed by atoms with Crippen molar-refractivity contribution in [2.45, 2.75) is 0 Å². The number of nitrogens with zero attached hydrogens (tertiary/aromatic N) is 5. The largest absolute Gasteiger partial charge is 0.254 e. The van der Waals surface area contributed by atoms with E-state index in [0.717, 1.165) is 55.4 Å². The van der Waals surface area contributed by atoms with E-state index in [1.54, 1.807) is 11.3 Å². The molecule has 0 bridgehead atoms. The van der Waals surface area contributed by atoms with Crippen molar-refractivity contribution in [3.63, 3.8) is 0 Å². The van der Waals surface area contributed by atoms with Crippen molar-refractivity contribution in [2.24, 2.45) is 0 Å². The summed E-state index contributed by atoms with van der Waals surface area (Å²) >= 11 is 1.79. The average Bonchev–Trinajstić information content (AvgIpc) is 3.55. The third-order valence-corrected chi connectivity index (χ3v) is 9.63. The van der Waals surface area contributed by atoms with Gasteiger partial charge in [-0.2, -0.15) is 0 Å². The number of fused-ring (bicyclic) bond motifs is 4. The van der Waals surface area contributed by atoms with Crippen LogP contribution in [-0.4, -0.2) is 24.9 Å². The van der Waals surface area contributed by atoms with Gasteiger partial charge in [-0.25, -0.2) is 15.0 Å². The highest BCUT2D eigenvalue weighted by molar-refractivity contribution is 7.26. The van der Waals surface area contributed by atoms with Gasteiger partial charge < -0.3 is 0 Å². The van der Waals surface area contributed by atoms with Crippen LogP contribution in [0.4, 0.5) is 0 Å². The van der Waals surface area contributed by atoms with Gasteiger partial charge in [-0.05, 0) is 29.1 Å². The first kappa shape index (κ1) is 27.2. The van der Waals surface area contributed by atoms with Crippen LogP contribution in [0.2, 0.25) is 0 Å². The summed E-state index contributed by atoms with van der Waals surface area (Å²) in [4.78, 5) is 24.8. The smallest absolute Gasteiger partial charge is 0.164 e. The van der Waals surface area contributed by atoms with Crippen molar-refractivity contribution in [3.05, 3.63) is 152 Å². The van der Waals surface area contributed by atoms with E-state index < -0.39 is 0 Å². The molecule has 0 atom stereocenters. The normalized spacial score (nSPS) is 11.4. The highest BCUT2D eigenvalue weighted by Crippen LogP contribution is 2.44. The van der Waals surface area contributed by atoms with Crippen molar-refractivity contribution in [1.29, 1.82) is 0 Å². The molecule has 220 valence electrons. The van der Waals surface area contributed by atoms with Gasteiger partial charge in [0, 0.05) is 60.2 Å². The average molecular weight is 620 g/mol. The van der Waals surface area contributed by atoms with Crippen LogP contribution >= 0.6 is 11.3 Å². The summed E-state index contributed by atoms with van der Waals surface area (Å²) in [6, 6.07) is 47.5. The highest BCUT2D eigenvalue weighted by Gasteiger charge is 2.20. The van der Waals surface area contributed by atoms with Gasteiger partial charge >= 0.3 is 0 Å². The zero-order chi connectivity index (χ0) is 31.2. The van der Waals surface area contributed by atoms with Crippen LogP contribution in [0.5, 0.6) is 0 Å². The van der Waals surface area contributed by atoms with Gasteiger partial charge in [0.05, 0.1) is 11.4 Å². The topological polar surface area (TPSA) is 64.5 Å². The Morgan fingerprint density at radius 2 is 1.04 bits per heavy atom. The summed E-state index contributed by atoms with van der Waals surface area (Å²) < 4.78 is 2.39. The summed E-state index contributed by atoms with van der Waals surface area (Å²) in [5, 5.41) is 4.54. The monoisotopic (exact) mass is 619 g/mol. The number of pyridine rings is 2. The van der Waals surface area contributed by atoms with E-state index >= 15 is 0 Å². The van der Waals surface area contributed by atoms with Gasteiger partial charge in [-0.3, -0.25) is 9.97 Å². The molecule has 0 saturated carbocycles. The Balaban J connectivity index is 1.24. The molecule has 0 aliphatic carbocycles. The lowest BCUT2D eigenvalue weighted by atomic mass is 9.99. The Morgan fingerprint density at radius 1 is 0.447 bits per heavy atom. The summed E-state index contributed by atoms with van der Waals surface area (Å²) in [5.41, 5.74) is 6.69. The molecule has 0 radical (unpaired) electrons. The summed E-state index contributed by atoms with van der Waals surface area (Å²) in [6.07, 6.45) is 3.87. The maximum absolute atomic E-state index is 5.14. The molecule has 6 heteroatoms. The molecule has 0 saturated heterocycles. The Kier molecular flexibility index (Phi) is 6.58. The minimum absolute atomic E-state index is 0.622. The fraction of sp³-hybridized carbons (Fsp3) is 0. The van der Waals surface area contributed by atoms with E-state index in [1.807, 2.05) is 73.1 Å². The van der Waals surface area contributed by atoms with Gasteiger partial charge in [0.1, 0.15) is 0 Å². The lowest BCUT2D eigenvalue weighted by Crippen LogP contribution is -2.00. The van der Waals surface area contributed by atoms with Crippen molar-refractivity contribution in [1.82, 2.24) is 24.9 Å². The Labute approximate surface area is 275 Å². The van der Waals surface area contributed by atoms with E-state index in [2.05, 4.69) is 78.9 Å². The molecule has 9 rings (SSSR count). The number of rotatable bonds is 5. The molecule has 9 aromatic rings. The Morgan fingerprint density at radius 3 is 1.79 bits per heavy atom. The number of thiophene rings is 1. The van der Waals surface area contributed by atoms with Crippen LogP contribution < -0.4 is 0 Å². The fourth-order valence-corrected chi connectivity index (χ4v) is 7.42. The minimum Gasteiger partial charge on any atom is -0.254 e. The number of hydrogen-bond donors (Lipinski definition) is 0. The second-order valence-electron chi connectivity index (χ2n) is 11.3. The number of hydrogen-bond acceptors (Lipinski definition) is 6. The first-order chi connectivity index (χ1) is 23.3. The third-order valence-electron chi connectivity index (χ3n) is 8.43. The van der Waals surface area contributed by atoms with E-state index in [9.17, 15) is 0 Å². The maximum atomic E-state index is 5.14. The van der Waals surface area contributed by atoms with Crippen molar-refractivity contribution < 1.29 is 0 Å². The van der Waals surface area contributed by atoms with Crippen LogP contribution in [0.15, 0.2) is 152 Å². The van der Waals surface area contributed by atoms with Crippen LogP contribution in [-0.2, 0) is 0 Å². The molecule has 0 spiro atoms. The molecule has 4 aromatic heterocycles. The quantitative estimate of drug-likeness (QED) is 0.192. The lowest BCUT2D eigenvalue weighted by Gasteiger charge is -2.11. The molecule has 0 amide bonds. The number of benzene rings is 5. The molecule has 0 N–H and O–H groups in total. The molecule has 5 nitrogen and oxygen atoms in total. The summed E-state index contributed by atoms with van der Waals surface area (Å²) in [7, 11) is 0. The minimum atomic E-state index is 0.622. The SMILES string of the molecule is c1ccc(-c2nc(-c3ccccc3)nc(-c3cccc(-c4cnc(-c5nccc6ccccc56)c5c4sc4ccccc45)c3)n2)cc1. The van der Waals surface area contributed by atoms with Crippen molar-refractivity contribution in [3.8, 4) is 56.7 Å². The van der Waals surface area contributed by atoms with Crippen LogP contribution in [0.25, 0.3) is 87.6 Å². The molecular weight excluding hydrogens is 595 g/mol. The van der Waals surface area contributed by atoms with Crippen LogP contribution in [0.1, 0.15) is 0 Å². The Bertz CT molecular complexity index is 2520. The third kappa shape index (κ3) is 4.83. The molecule has 4 heterocycles. The Hall–Kier alpha value is -6.11. The van der Waals surface area contributed by atoms with E-state index in [4.69, 9.17) is 24.9 Å². The van der Waals surface area contributed by atoms with Crippen molar-refractivity contribution >= 4 is 42.3 Å².